The van der Waals surface area contributed by atoms with Crippen LogP contribution >= 0.6 is 0 Å². The van der Waals surface area contributed by atoms with E-state index in [2.05, 4.69) is 21.9 Å². The molecule has 2 aromatic rings. The minimum Gasteiger partial charge on any atom is -0.494 e. The summed E-state index contributed by atoms with van der Waals surface area (Å²) in [6.07, 6.45) is 0.394. The Bertz CT molecular complexity index is 592. The van der Waals surface area contributed by atoms with Crippen LogP contribution < -0.4 is 22.0 Å². The van der Waals surface area contributed by atoms with Crippen molar-refractivity contribution in [2.75, 3.05) is 7.11 Å². The van der Waals surface area contributed by atoms with Gasteiger partial charge in [0.25, 0.3) is 5.56 Å². The molecule has 0 fully saturated rings. The second kappa shape index (κ2) is 6.72. The molecule has 1 aromatic carbocycles. The van der Waals surface area contributed by atoms with E-state index in [0.717, 1.165) is 11.3 Å². The molecule has 7 heteroatoms. The van der Waals surface area contributed by atoms with E-state index in [1.807, 2.05) is 0 Å². The molecule has 6 nitrogen and oxygen atoms in total. The molecule has 0 amide bonds. The fourth-order valence-electron chi connectivity index (χ4n) is 1.71. The van der Waals surface area contributed by atoms with Crippen molar-refractivity contribution in [3.63, 3.8) is 0 Å². The standard InChI is InChI=1S/C12H13FN2O2.H4N2/c1-7-9(12(16)15-14-7)5-8-3-4-11(17-2)10(13)6-8;1-2/h3-4,6H,5H2,1-2H3,(H2,14,15,16);1-2H2. The monoisotopic (exact) mass is 268 g/mol. The van der Waals surface area contributed by atoms with Crippen LogP contribution in [-0.4, -0.2) is 17.3 Å². The van der Waals surface area contributed by atoms with Crippen LogP contribution in [0.15, 0.2) is 23.0 Å². The van der Waals surface area contributed by atoms with Crippen LogP contribution in [0.1, 0.15) is 16.8 Å². The number of aromatic nitrogens is 2. The van der Waals surface area contributed by atoms with Gasteiger partial charge in [-0.25, -0.2) is 4.39 Å². The zero-order valence-corrected chi connectivity index (χ0v) is 10.8. The van der Waals surface area contributed by atoms with E-state index in [4.69, 9.17) is 4.74 Å². The van der Waals surface area contributed by atoms with Crippen LogP contribution in [0.5, 0.6) is 5.75 Å². The summed E-state index contributed by atoms with van der Waals surface area (Å²) in [5.41, 5.74) is 1.95. The average Bonchev–Trinajstić information content (AvgIpc) is 2.73. The lowest BCUT2D eigenvalue weighted by Gasteiger charge is -2.04. The molecule has 0 aliphatic heterocycles. The molecule has 6 N–H and O–H groups in total. The lowest BCUT2D eigenvalue weighted by molar-refractivity contribution is 0.386. The highest BCUT2D eigenvalue weighted by Crippen LogP contribution is 2.19. The number of hydrazine groups is 1. The number of methoxy groups -OCH3 is 1. The van der Waals surface area contributed by atoms with Crippen LogP contribution in [0.25, 0.3) is 0 Å². The quantitative estimate of drug-likeness (QED) is 0.482. The number of aryl methyl sites for hydroxylation is 1. The minimum atomic E-state index is -0.422. The van der Waals surface area contributed by atoms with E-state index in [1.54, 1.807) is 19.1 Å². The normalized spacial score (nSPS) is 9.74. The highest BCUT2D eigenvalue weighted by molar-refractivity contribution is 5.33. The summed E-state index contributed by atoms with van der Waals surface area (Å²) < 4.78 is 18.3. The molecule has 2 rings (SSSR count). The molecule has 0 radical (unpaired) electrons. The van der Waals surface area contributed by atoms with E-state index in [0.29, 0.717) is 12.0 Å². The summed E-state index contributed by atoms with van der Waals surface area (Å²) >= 11 is 0. The van der Waals surface area contributed by atoms with Gasteiger partial charge in [-0.3, -0.25) is 21.6 Å². The van der Waals surface area contributed by atoms with E-state index in [9.17, 15) is 9.18 Å². The Hall–Kier alpha value is -2.12. The molecule has 0 unspecified atom stereocenters. The number of rotatable bonds is 3. The number of benzene rings is 1. The van der Waals surface area contributed by atoms with Crippen LogP contribution in [0.3, 0.4) is 0 Å². The number of nitrogens with one attached hydrogen (secondary N) is 2. The van der Waals surface area contributed by atoms with E-state index >= 15 is 0 Å². The molecule has 0 bridgehead atoms. The van der Waals surface area contributed by atoms with Crippen LogP contribution in [0.2, 0.25) is 0 Å². The van der Waals surface area contributed by atoms with Crippen molar-refractivity contribution in [3.8, 4) is 5.75 Å². The number of hydrogen-bond donors (Lipinski definition) is 4. The second-order valence-electron chi connectivity index (χ2n) is 3.83. The van der Waals surface area contributed by atoms with Gasteiger partial charge in [0.1, 0.15) is 0 Å². The van der Waals surface area contributed by atoms with E-state index in [1.165, 1.54) is 13.2 Å². The molecule has 0 aliphatic carbocycles. The van der Waals surface area contributed by atoms with Gasteiger partial charge in [-0.15, -0.1) is 0 Å². The third-order valence-electron chi connectivity index (χ3n) is 2.69. The van der Waals surface area contributed by atoms with E-state index < -0.39 is 5.82 Å². The predicted molar refractivity (Wildman–Crippen MR) is 70.3 cm³/mol. The van der Waals surface area contributed by atoms with Gasteiger partial charge in [-0.05, 0) is 24.6 Å². The van der Waals surface area contributed by atoms with Crippen molar-refractivity contribution in [1.82, 2.24) is 10.2 Å². The van der Waals surface area contributed by atoms with Crippen molar-refractivity contribution >= 4 is 0 Å². The van der Waals surface area contributed by atoms with Gasteiger partial charge in [0.15, 0.2) is 11.6 Å². The molecular formula is C12H17FN4O2. The molecule has 0 saturated carbocycles. The zero-order valence-electron chi connectivity index (χ0n) is 10.8. The maximum Gasteiger partial charge on any atom is 0.267 e. The van der Waals surface area contributed by atoms with Crippen molar-refractivity contribution in [2.24, 2.45) is 11.7 Å². The maximum absolute atomic E-state index is 13.5. The lowest BCUT2D eigenvalue weighted by atomic mass is 10.1. The number of H-pyrrole nitrogens is 2. The van der Waals surface area contributed by atoms with Gasteiger partial charge in [0.2, 0.25) is 0 Å². The fourth-order valence-corrected chi connectivity index (χ4v) is 1.71. The van der Waals surface area contributed by atoms with Crippen LogP contribution in [-0.2, 0) is 6.42 Å². The molecular weight excluding hydrogens is 251 g/mol. The second-order valence-corrected chi connectivity index (χ2v) is 3.83. The molecule has 0 spiro atoms. The summed E-state index contributed by atoms with van der Waals surface area (Å²) in [5.74, 6) is 7.78. The SMILES string of the molecule is COc1ccc(Cc2c(C)[nH][nH]c2=O)cc1F.NN. The Morgan fingerprint density at radius 1 is 1.32 bits per heavy atom. The molecule has 104 valence electrons. The highest BCUT2D eigenvalue weighted by atomic mass is 19.1. The largest absolute Gasteiger partial charge is 0.494 e. The Kier molecular flexibility index (Phi) is 5.28. The third kappa shape index (κ3) is 3.43. The van der Waals surface area contributed by atoms with Gasteiger partial charge in [0.05, 0.1) is 7.11 Å². The Morgan fingerprint density at radius 2 is 2.00 bits per heavy atom. The van der Waals surface area contributed by atoms with Gasteiger partial charge < -0.3 is 9.84 Å². The molecule has 0 aliphatic rings. The smallest absolute Gasteiger partial charge is 0.267 e. The Balaban J connectivity index is 0.000000861. The fraction of sp³-hybridized carbons (Fsp3) is 0.250. The van der Waals surface area contributed by atoms with Crippen molar-refractivity contribution in [1.29, 1.82) is 0 Å². The first-order chi connectivity index (χ1) is 9.11. The predicted octanol–water partition coefficient (Wildman–Crippen LogP) is 0.569. The number of halogens is 1. The minimum absolute atomic E-state index is 0.168. The molecule has 0 atom stereocenters. The summed E-state index contributed by atoms with van der Waals surface area (Å²) in [6.45, 7) is 1.80. The molecule has 0 saturated heterocycles. The third-order valence-corrected chi connectivity index (χ3v) is 2.69. The molecule has 19 heavy (non-hydrogen) atoms. The number of nitrogens with two attached hydrogens (primary N) is 2. The first kappa shape index (κ1) is 14.9. The van der Waals surface area contributed by atoms with Crippen molar-refractivity contribution in [2.45, 2.75) is 13.3 Å². The van der Waals surface area contributed by atoms with Crippen molar-refractivity contribution in [3.05, 3.63) is 51.2 Å². The Labute approximate surface area is 109 Å². The Morgan fingerprint density at radius 3 is 2.47 bits per heavy atom. The maximum atomic E-state index is 13.5. The number of ether oxygens (including phenoxy) is 1. The van der Waals surface area contributed by atoms with Crippen LogP contribution in [0.4, 0.5) is 4.39 Å². The van der Waals surface area contributed by atoms with E-state index in [-0.39, 0.29) is 11.3 Å². The first-order valence-corrected chi connectivity index (χ1v) is 5.53. The first-order valence-electron chi connectivity index (χ1n) is 5.53. The number of hydrogen-bond acceptors (Lipinski definition) is 4. The zero-order chi connectivity index (χ0) is 14.4. The van der Waals surface area contributed by atoms with Gasteiger partial charge in [-0.2, -0.15) is 0 Å². The van der Waals surface area contributed by atoms with Gasteiger partial charge >= 0.3 is 0 Å². The van der Waals surface area contributed by atoms with Gasteiger partial charge in [0, 0.05) is 17.7 Å². The molecule has 1 aromatic heterocycles. The van der Waals surface area contributed by atoms with Crippen LogP contribution in [0, 0.1) is 12.7 Å². The summed E-state index contributed by atoms with van der Waals surface area (Å²) in [6, 6.07) is 4.68. The number of aromatic amines is 2. The lowest BCUT2D eigenvalue weighted by Crippen LogP contribution is -2.07. The summed E-state index contributed by atoms with van der Waals surface area (Å²) in [5, 5.41) is 5.23. The average molecular weight is 268 g/mol. The topological polar surface area (TPSA) is 110 Å². The summed E-state index contributed by atoms with van der Waals surface area (Å²) in [4.78, 5) is 11.4. The molecule has 1 heterocycles. The van der Waals surface area contributed by atoms with Crippen molar-refractivity contribution < 1.29 is 9.13 Å². The van der Waals surface area contributed by atoms with Gasteiger partial charge in [-0.1, -0.05) is 6.07 Å². The highest BCUT2D eigenvalue weighted by Gasteiger charge is 2.09. The summed E-state index contributed by atoms with van der Waals surface area (Å²) in [7, 11) is 1.42.